The van der Waals surface area contributed by atoms with E-state index in [-0.39, 0.29) is 12.1 Å². The van der Waals surface area contributed by atoms with Gasteiger partial charge in [0.2, 0.25) is 5.95 Å². The maximum absolute atomic E-state index is 10.8. The standard InChI is InChI=1S/C18H18ClN5O2/c19-14-9-21-17(22-10-5-6-11(7-10)23-18(25)26)24-16(14)13-8-20-15-4-2-1-3-12(13)15/h1-4,8-11,20,23H,5-7H2,(H,25,26)(H,21,22,24)/t10-,11+/m1/s1. The summed E-state index contributed by atoms with van der Waals surface area (Å²) in [6, 6.07) is 8.06. The lowest BCUT2D eigenvalue weighted by molar-refractivity contribution is 0.190. The number of aromatic amines is 1. The van der Waals surface area contributed by atoms with Gasteiger partial charge in [-0.05, 0) is 25.3 Å². The molecule has 0 bridgehead atoms. The van der Waals surface area contributed by atoms with Crippen molar-refractivity contribution in [2.45, 2.75) is 31.3 Å². The Hall–Kier alpha value is -2.80. The lowest BCUT2D eigenvalue weighted by Gasteiger charge is -2.14. The summed E-state index contributed by atoms with van der Waals surface area (Å²) in [4.78, 5) is 22.9. The minimum Gasteiger partial charge on any atom is -0.465 e. The van der Waals surface area contributed by atoms with Crippen LogP contribution >= 0.6 is 11.6 Å². The highest BCUT2D eigenvalue weighted by Crippen LogP contribution is 2.32. The fraction of sp³-hybridized carbons (Fsp3) is 0.278. The van der Waals surface area contributed by atoms with Crippen LogP contribution in [-0.4, -0.2) is 38.2 Å². The Morgan fingerprint density at radius 1 is 1.27 bits per heavy atom. The van der Waals surface area contributed by atoms with E-state index < -0.39 is 6.09 Å². The molecule has 3 aromatic rings. The first kappa shape index (κ1) is 16.7. The average Bonchev–Trinajstić information content (AvgIpc) is 3.23. The summed E-state index contributed by atoms with van der Waals surface area (Å²) in [6.45, 7) is 0. The summed E-state index contributed by atoms with van der Waals surface area (Å²) in [7, 11) is 0. The second-order valence-corrected chi connectivity index (χ2v) is 6.85. The van der Waals surface area contributed by atoms with Gasteiger partial charge in [0, 0.05) is 34.7 Å². The van der Waals surface area contributed by atoms with Crippen LogP contribution in [0.4, 0.5) is 10.7 Å². The number of carboxylic acid groups (broad SMARTS) is 1. The van der Waals surface area contributed by atoms with Crippen molar-refractivity contribution >= 4 is 34.5 Å². The van der Waals surface area contributed by atoms with E-state index in [1.165, 1.54) is 0 Å². The van der Waals surface area contributed by atoms with Gasteiger partial charge in [0.1, 0.15) is 0 Å². The molecule has 1 aliphatic rings. The SMILES string of the molecule is O=C(O)N[C@H]1CC[C@@H](Nc2ncc(Cl)c(-c3c[nH]c4ccccc34)n2)C1. The van der Waals surface area contributed by atoms with Crippen molar-refractivity contribution in [3.63, 3.8) is 0 Å². The largest absolute Gasteiger partial charge is 0.465 e. The Morgan fingerprint density at radius 2 is 2.08 bits per heavy atom. The van der Waals surface area contributed by atoms with E-state index >= 15 is 0 Å². The third-order valence-corrected chi connectivity index (χ3v) is 4.96. The van der Waals surface area contributed by atoms with E-state index in [0.717, 1.165) is 29.3 Å². The fourth-order valence-electron chi connectivity index (χ4n) is 3.49. The molecule has 1 aromatic carbocycles. The molecule has 4 rings (SSSR count). The number of rotatable bonds is 4. The highest BCUT2D eigenvalue weighted by molar-refractivity contribution is 6.33. The van der Waals surface area contributed by atoms with Gasteiger partial charge in [0.05, 0.1) is 16.9 Å². The maximum Gasteiger partial charge on any atom is 0.404 e. The molecule has 0 aliphatic heterocycles. The van der Waals surface area contributed by atoms with Crippen molar-refractivity contribution in [1.29, 1.82) is 0 Å². The normalized spacial score (nSPS) is 19.6. The number of hydrogen-bond acceptors (Lipinski definition) is 4. The fourth-order valence-corrected chi connectivity index (χ4v) is 3.69. The molecular weight excluding hydrogens is 354 g/mol. The third-order valence-electron chi connectivity index (χ3n) is 4.68. The Labute approximate surface area is 154 Å². The number of para-hydroxylation sites is 1. The molecule has 1 aliphatic carbocycles. The Kier molecular flexibility index (Phi) is 4.38. The number of nitrogens with zero attached hydrogens (tertiary/aromatic N) is 2. The van der Waals surface area contributed by atoms with Crippen LogP contribution in [0.25, 0.3) is 22.2 Å². The number of carbonyl (C=O) groups is 1. The monoisotopic (exact) mass is 371 g/mol. The first-order valence-corrected chi connectivity index (χ1v) is 8.83. The van der Waals surface area contributed by atoms with Crippen molar-refractivity contribution in [1.82, 2.24) is 20.3 Å². The molecule has 1 saturated carbocycles. The zero-order valence-electron chi connectivity index (χ0n) is 13.9. The van der Waals surface area contributed by atoms with Crippen LogP contribution < -0.4 is 10.6 Å². The number of H-pyrrole nitrogens is 1. The molecule has 2 heterocycles. The second-order valence-electron chi connectivity index (χ2n) is 6.44. The summed E-state index contributed by atoms with van der Waals surface area (Å²) in [5.41, 5.74) is 2.61. The molecule has 1 amide bonds. The molecular formula is C18H18ClN5O2. The number of halogens is 1. The molecule has 8 heteroatoms. The predicted octanol–water partition coefficient (Wildman–Crippen LogP) is 3.88. The molecule has 26 heavy (non-hydrogen) atoms. The molecule has 134 valence electrons. The lowest BCUT2D eigenvalue weighted by Crippen LogP contribution is -2.32. The highest BCUT2D eigenvalue weighted by atomic mass is 35.5. The first-order valence-electron chi connectivity index (χ1n) is 8.45. The number of anilines is 1. The maximum atomic E-state index is 10.8. The number of fused-ring (bicyclic) bond motifs is 1. The summed E-state index contributed by atoms with van der Waals surface area (Å²) in [5.74, 6) is 0.496. The van der Waals surface area contributed by atoms with Crippen LogP contribution in [0, 0.1) is 0 Å². The zero-order valence-corrected chi connectivity index (χ0v) is 14.6. The number of nitrogens with one attached hydrogen (secondary N) is 3. The van der Waals surface area contributed by atoms with Gasteiger partial charge in [-0.25, -0.2) is 14.8 Å². The quantitative estimate of drug-likeness (QED) is 0.557. The van der Waals surface area contributed by atoms with Gasteiger partial charge in [-0.2, -0.15) is 0 Å². The van der Waals surface area contributed by atoms with E-state index in [0.29, 0.717) is 23.1 Å². The van der Waals surface area contributed by atoms with E-state index in [2.05, 4.69) is 25.6 Å². The van der Waals surface area contributed by atoms with Crippen molar-refractivity contribution in [2.24, 2.45) is 0 Å². The van der Waals surface area contributed by atoms with E-state index in [1.54, 1.807) is 6.20 Å². The van der Waals surface area contributed by atoms with Gasteiger partial charge in [0.15, 0.2) is 0 Å². The van der Waals surface area contributed by atoms with Gasteiger partial charge >= 0.3 is 6.09 Å². The van der Waals surface area contributed by atoms with Crippen LogP contribution in [-0.2, 0) is 0 Å². The average molecular weight is 372 g/mol. The number of aromatic nitrogens is 3. The summed E-state index contributed by atoms with van der Waals surface area (Å²) in [6.07, 6.45) is 4.87. The van der Waals surface area contributed by atoms with Crippen molar-refractivity contribution in [3.05, 3.63) is 41.7 Å². The predicted molar refractivity (Wildman–Crippen MR) is 101 cm³/mol. The summed E-state index contributed by atoms with van der Waals surface area (Å²) < 4.78 is 0. The van der Waals surface area contributed by atoms with Crippen LogP contribution in [0.5, 0.6) is 0 Å². The number of amides is 1. The van der Waals surface area contributed by atoms with E-state index in [4.69, 9.17) is 16.7 Å². The van der Waals surface area contributed by atoms with E-state index in [9.17, 15) is 4.79 Å². The van der Waals surface area contributed by atoms with Gasteiger partial charge in [0.25, 0.3) is 0 Å². The smallest absolute Gasteiger partial charge is 0.404 e. The molecule has 0 saturated heterocycles. The minimum absolute atomic E-state index is 0.0367. The Morgan fingerprint density at radius 3 is 2.92 bits per heavy atom. The molecule has 2 atom stereocenters. The summed E-state index contributed by atoms with van der Waals surface area (Å²) >= 11 is 6.34. The van der Waals surface area contributed by atoms with Crippen LogP contribution in [0.1, 0.15) is 19.3 Å². The zero-order chi connectivity index (χ0) is 18.1. The first-order chi connectivity index (χ1) is 12.6. The van der Waals surface area contributed by atoms with Crippen LogP contribution in [0.3, 0.4) is 0 Å². The second kappa shape index (κ2) is 6.84. The Bertz CT molecular complexity index is 958. The van der Waals surface area contributed by atoms with E-state index in [1.807, 2.05) is 30.5 Å². The minimum atomic E-state index is -0.986. The summed E-state index contributed by atoms with van der Waals surface area (Å²) in [5, 5.41) is 16.2. The lowest BCUT2D eigenvalue weighted by atomic mass is 10.1. The molecule has 1 fully saturated rings. The van der Waals surface area contributed by atoms with Crippen molar-refractivity contribution < 1.29 is 9.90 Å². The van der Waals surface area contributed by atoms with Gasteiger partial charge in [-0.15, -0.1) is 0 Å². The number of hydrogen-bond donors (Lipinski definition) is 4. The van der Waals surface area contributed by atoms with Crippen LogP contribution in [0.15, 0.2) is 36.7 Å². The topological polar surface area (TPSA) is 103 Å². The third kappa shape index (κ3) is 3.30. The molecule has 0 radical (unpaired) electrons. The van der Waals surface area contributed by atoms with Gasteiger partial charge < -0.3 is 20.7 Å². The molecule has 2 aromatic heterocycles. The Balaban J connectivity index is 1.56. The van der Waals surface area contributed by atoms with Crippen molar-refractivity contribution in [2.75, 3.05) is 5.32 Å². The molecule has 0 spiro atoms. The molecule has 7 nitrogen and oxygen atoms in total. The van der Waals surface area contributed by atoms with Gasteiger partial charge in [-0.3, -0.25) is 0 Å². The molecule has 0 unspecified atom stereocenters. The van der Waals surface area contributed by atoms with Crippen LogP contribution in [0.2, 0.25) is 5.02 Å². The van der Waals surface area contributed by atoms with Gasteiger partial charge in [-0.1, -0.05) is 29.8 Å². The highest BCUT2D eigenvalue weighted by Gasteiger charge is 2.26. The number of benzene rings is 1. The molecule has 4 N–H and O–H groups in total. The van der Waals surface area contributed by atoms with Crippen molar-refractivity contribution in [3.8, 4) is 11.3 Å².